The maximum absolute atomic E-state index is 13.2. The van der Waals surface area contributed by atoms with Crippen molar-refractivity contribution in [1.29, 1.82) is 0 Å². The van der Waals surface area contributed by atoms with E-state index in [4.69, 9.17) is 4.74 Å². The Morgan fingerprint density at radius 1 is 1.24 bits per heavy atom. The fourth-order valence-corrected chi connectivity index (χ4v) is 3.37. The Balaban J connectivity index is 1.40. The minimum Gasteiger partial charge on any atom is -0.487 e. The van der Waals surface area contributed by atoms with Crippen LogP contribution < -0.4 is 4.74 Å². The van der Waals surface area contributed by atoms with Gasteiger partial charge in [-0.25, -0.2) is 8.78 Å². The van der Waals surface area contributed by atoms with Crippen molar-refractivity contribution in [3.8, 4) is 5.75 Å². The van der Waals surface area contributed by atoms with Gasteiger partial charge in [0, 0.05) is 19.2 Å². The SMILES string of the molecule is O=C1c2cc(COc3cccc(F)c3)nn2CCN1CC1CC(F)C1. The quantitative estimate of drug-likeness (QED) is 0.836. The molecule has 1 aromatic heterocycles. The van der Waals surface area contributed by atoms with Crippen LogP contribution in [0.4, 0.5) is 8.78 Å². The topological polar surface area (TPSA) is 47.4 Å². The molecule has 1 fully saturated rings. The number of benzene rings is 1. The predicted molar refractivity (Wildman–Crippen MR) is 86.5 cm³/mol. The first-order valence-corrected chi connectivity index (χ1v) is 8.47. The number of hydrogen-bond acceptors (Lipinski definition) is 3. The van der Waals surface area contributed by atoms with Gasteiger partial charge in [0.05, 0.1) is 6.54 Å². The van der Waals surface area contributed by atoms with Crippen LogP contribution in [0.15, 0.2) is 30.3 Å². The van der Waals surface area contributed by atoms with Crippen molar-refractivity contribution >= 4 is 5.91 Å². The summed E-state index contributed by atoms with van der Waals surface area (Å²) in [7, 11) is 0. The van der Waals surface area contributed by atoms with Gasteiger partial charge < -0.3 is 9.64 Å². The molecular formula is C18H19F2N3O2. The lowest BCUT2D eigenvalue weighted by molar-refractivity contribution is 0.0526. The summed E-state index contributed by atoms with van der Waals surface area (Å²) in [6, 6.07) is 7.62. The third-order valence-corrected chi connectivity index (χ3v) is 4.76. The molecule has 132 valence electrons. The third-order valence-electron chi connectivity index (χ3n) is 4.76. The summed E-state index contributed by atoms with van der Waals surface area (Å²) in [5, 5.41) is 4.39. The van der Waals surface area contributed by atoms with Crippen molar-refractivity contribution in [2.45, 2.75) is 32.2 Å². The molecule has 0 unspecified atom stereocenters. The second kappa shape index (κ2) is 6.46. The molecule has 0 spiro atoms. The van der Waals surface area contributed by atoms with E-state index in [0.29, 0.717) is 49.6 Å². The molecule has 2 aromatic rings. The van der Waals surface area contributed by atoms with Crippen molar-refractivity contribution < 1.29 is 18.3 Å². The van der Waals surface area contributed by atoms with Crippen LogP contribution in [0.2, 0.25) is 0 Å². The number of rotatable bonds is 5. The zero-order valence-electron chi connectivity index (χ0n) is 13.7. The molecule has 0 saturated heterocycles. The molecule has 2 aliphatic rings. The predicted octanol–water partition coefficient (Wildman–Crippen LogP) is 2.81. The molecule has 0 N–H and O–H groups in total. The first-order chi connectivity index (χ1) is 12.1. The molecule has 4 rings (SSSR count). The van der Waals surface area contributed by atoms with Crippen LogP contribution in [0.25, 0.3) is 0 Å². The molecule has 2 heterocycles. The molecule has 1 aromatic carbocycles. The highest BCUT2D eigenvalue weighted by molar-refractivity contribution is 5.93. The average Bonchev–Trinajstić information content (AvgIpc) is 2.98. The van der Waals surface area contributed by atoms with E-state index in [-0.39, 0.29) is 24.2 Å². The molecular weight excluding hydrogens is 328 g/mol. The first kappa shape index (κ1) is 16.1. The number of halogens is 2. The number of amides is 1. The number of nitrogens with zero attached hydrogens (tertiary/aromatic N) is 3. The van der Waals surface area contributed by atoms with Crippen molar-refractivity contribution in [1.82, 2.24) is 14.7 Å². The van der Waals surface area contributed by atoms with E-state index in [2.05, 4.69) is 5.10 Å². The van der Waals surface area contributed by atoms with Gasteiger partial charge in [-0.1, -0.05) is 6.07 Å². The van der Waals surface area contributed by atoms with Crippen LogP contribution in [0.5, 0.6) is 5.75 Å². The molecule has 1 saturated carbocycles. The molecule has 1 aliphatic heterocycles. The summed E-state index contributed by atoms with van der Waals surface area (Å²) in [6.45, 7) is 1.99. The van der Waals surface area contributed by atoms with Crippen molar-refractivity contribution in [3.63, 3.8) is 0 Å². The molecule has 5 nitrogen and oxygen atoms in total. The minimum atomic E-state index is -0.706. The van der Waals surface area contributed by atoms with E-state index in [1.165, 1.54) is 12.1 Å². The largest absolute Gasteiger partial charge is 0.487 e. The Morgan fingerprint density at radius 2 is 2.08 bits per heavy atom. The maximum atomic E-state index is 13.2. The van der Waals surface area contributed by atoms with E-state index in [0.717, 1.165) is 0 Å². The Bertz CT molecular complexity index is 786. The second-order valence-electron chi connectivity index (χ2n) is 6.68. The highest BCUT2D eigenvalue weighted by atomic mass is 19.1. The van der Waals surface area contributed by atoms with Crippen molar-refractivity contribution in [3.05, 3.63) is 47.5 Å². The summed E-state index contributed by atoms with van der Waals surface area (Å²) in [6.07, 6.45) is 0.396. The first-order valence-electron chi connectivity index (χ1n) is 8.47. The van der Waals surface area contributed by atoms with Crippen molar-refractivity contribution in [2.24, 2.45) is 5.92 Å². The monoisotopic (exact) mass is 347 g/mol. The lowest BCUT2D eigenvalue weighted by Crippen LogP contribution is -2.45. The second-order valence-corrected chi connectivity index (χ2v) is 6.68. The number of hydrogen-bond donors (Lipinski definition) is 0. The molecule has 25 heavy (non-hydrogen) atoms. The molecule has 0 atom stereocenters. The summed E-state index contributed by atoms with van der Waals surface area (Å²) in [4.78, 5) is 14.4. The molecule has 1 aliphatic carbocycles. The van der Waals surface area contributed by atoms with Crippen LogP contribution in [-0.2, 0) is 13.2 Å². The summed E-state index contributed by atoms with van der Waals surface area (Å²) in [5.74, 6) is 0.255. The minimum absolute atomic E-state index is 0.0712. The standard InChI is InChI=1S/C18H19F2N3O2/c19-13-2-1-3-16(8-13)25-11-15-9-17-18(24)22(4-5-23(17)21-15)10-12-6-14(20)7-12/h1-3,8-9,12,14H,4-7,10-11H2. The van der Waals surface area contributed by atoms with Gasteiger partial charge in [-0.05, 0) is 37.0 Å². The van der Waals surface area contributed by atoms with Gasteiger partial charge in [-0.3, -0.25) is 9.48 Å². The van der Waals surface area contributed by atoms with Gasteiger partial charge in [0.25, 0.3) is 5.91 Å². The van der Waals surface area contributed by atoms with E-state index in [1.807, 2.05) is 0 Å². The number of aromatic nitrogens is 2. The number of ether oxygens (including phenoxy) is 1. The zero-order valence-corrected chi connectivity index (χ0v) is 13.7. The van der Waals surface area contributed by atoms with E-state index < -0.39 is 6.17 Å². The smallest absolute Gasteiger partial charge is 0.272 e. The van der Waals surface area contributed by atoms with Crippen LogP contribution in [-0.4, -0.2) is 39.8 Å². The zero-order chi connectivity index (χ0) is 17.4. The molecule has 7 heteroatoms. The Morgan fingerprint density at radius 3 is 2.84 bits per heavy atom. The van der Waals surface area contributed by atoms with Crippen LogP contribution in [0, 0.1) is 11.7 Å². The van der Waals surface area contributed by atoms with Crippen LogP contribution >= 0.6 is 0 Å². The highest BCUT2D eigenvalue weighted by Gasteiger charge is 2.34. The Kier molecular flexibility index (Phi) is 4.15. The van der Waals surface area contributed by atoms with Gasteiger partial charge >= 0.3 is 0 Å². The molecule has 0 bridgehead atoms. The number of carbonyl (C=O) groups excluding carboxylic acids is 1. The van der Waals surface area contributed by atoms with Gasteiger partial charge in [0.15, 0.2) is 0 Å². The third kappa shape index (κ3) is 3.36. The van der Waals surface area contributed by atoms with Gasteiger partial charge in [-0.15, -0.1) is 0 Å². The number of alkyl halides is 1. The van der Waals surface area contributed by atoms with E-state index in [9.17, 15) is 13.6 Å². The Hall–Kier alpha value is -2.44. The van der Waals surface area contributed by atoms with Gasteiger partial charge in [0.2, 0.25) is 0 Å². The summed E-state index contributed by atoms with van der Waals surface area (Å²) in [5.41, 5.74) is 1.15. The van der Waals surface area contributed by atoms with Crippen molar-refractivity contribution in [2.75, 3.05) is 13.1 Å². The number of carbonyl (C=O) groups is 1. The van der Waals surface area contributed by atoms with E-state index >= 15 is 0 Å². The fraction of sp³-hybridized carbons (Fsp3) is 0.444. The average molecular weight is 347 g/mol. The lowest BCUT2D eigenvalue weighted by atomic mass is 9.83. The van der Waals surface area contributed by atoms with Gasteiger partial charge in [-0.2, -0.15) is 5.10 Å². The lowest BCUT2D eigenvalue weighted by Gasteiger charge is -2.36. The maximum Gasteiger partial charge on any atom is 0.272 e. The molecule has 1 amide bonds. The summed E-state index contributed by atoms with van der Waals surface area (Å²) >= 11 is 0. The molecule has 0 radical (unpaired) electrons. The highest BCUT2D eigenvalue weighted by Crippen LogP contribution is 2.31. The van der Waals surface area contributed by atoms with Crippen LogP contribution in [0.1, 0.15) is 29.0 Å². The Labute approximate surface area is 144 Å². The van der Waals surface area contributed by atoms with Gasteiger partial charge in [0.1, 0.15) is 35.7 Å². The fourth-order valence-electron chi connectivity index (χ4n) is 3.37. The van der Waals surface area contributed by atoms with Crippen LogP contribution in [0.3, 0.4) is 0 Å². The summed E-state index contributed by atoms with van der Waals surface area (Å²) < 4.78 is 33.3. The number of fused-ring (bicyclic) bond motifs is 1. The normalized spacial score (nSPS) is 22.5. The van der Waals surface area contributed by atoms with E-state index in [1.54, 1.807) is 27.8 Å².